The highest BCUT2D eigenvalue weighted by atomic mass is 32.2. The molecule has 2 aliphatic rings. The van der Waals surface area contributed by atoms with Crippen LogP contribution in [0.2, 0.25) is 0 Å². The van der Waals surface area contributed by atoms with Crippen LogP contribution in [0.15, 0.2) is 35.2 Å². The molecule has 1 saturated carbocycles. The van der Waals surface area contributed by atoms with Gasteiger partial charge in [0, 0.05) is 23.8 Å². The number of benzene rings is 1. The van der Waals surface area contributed by atoms with Crippen molar-refractivity contribution >= 4 is 29.7 Å². The summed E-state index contributed by atoms with van der Waals surface area (Å²) in [4.78, 5) is 25.7. The van der Waals surface area contributed by atoms with Gasteiger partial charge in [-0.3, -0.25) is 9.59 Å². The Balaban J connectivity index is 1.57. The Kier molecular flexibility index (Phi) is 6.41. The summed E-state index contributed by atoms with van der Waals surface area (Å²) in [6.45, 7) is 5.06. The summed E-state index contributed by atoms with van der Waals surface area (Å²) < 4.78 is 0. The van der Waals surface area contributed by atoms with E-state index in [2.05, 4.69) is 24.5 Å². The quantitative estimate of drug-likeness (QED) is 0.777. The van der Waals surface area contributed by atoms with Crippen molar-refractivity contribution in [1.29, 1.82) is 0 Å². The molecule has 0 aromatic heterocycles. The zero-order chi connectivity index (χ0) is 18.5. The molecule has 26 heavy (non-hydrogen) atoms. The topological polar surface area (TPSA) is 58.2 Å². The number of nitrogens with one attached hydrogen (secondary N) is 2. The molecule has 0 bridgehead atoms. The highest BCUT2D eigenvalue weighted by Crippen LogP contribution is 2.39. The lowest BCUT2D eigenvalue weighted by atomic mass is 9.84. The summed E-state index contributed by atoms with van der Waals surface area (Å²) >= 11 is 1.67. The standard InChI is InChI=1S/C21H28N2O2S/c1-14(2)10-11-22-20(24)16-8-9-18-17(13-16)23-21(25)19(26-18)12-15-6-4-3-5-7-15/h3-7,12,14,16-18H,8-11,13H2,1-2H3,(H,22,24)(H,23,25)/b19-12-. The minimum absolute atomic E-state index is 0.0130. The van der Waals surface area contributed by atoms with Gasteiger partial charge < -0.3 is 10.6 Å². The van der Waals surface area contributed by atoms with Crippen LogP contribution < -0.4 is 10.6 Å². The zero-order valence-corrected chi connectivity index (χ0v) is 16.4. The van der Waals surface area contributed by atoms with Crippen molar-refractivity contribution in [3.8, 4) is 0 Å². The molecule has 1 heterocycles. The molecule has 1 aliphatic carbocycles. The van der Waals surface area contributed by atoms with E-state index in [4.69, 9.17) is 0 Å². The molecule has 4 nitrogen and oxygen atoms in total. The molecule has 1 saturated heterocycles. The highest BCUT2D eigenvalue weighted by molar-refractivity contribution is 8.04. The normalized spacial score (nSPS) is 27.1. The number of carbonyl (C=O) groups is 2. The van der Waals surface area contributed by atoms with E-state index in [1.807, 2.05) is 36.4 Å². The van der Waals surface area contributed by atoms with Crippen LogP contribution in [0.3, 0.4) is 0 Å². The second-order valence-electron chi connectivity index (χ2n) is 7.64. The first-order valence-corrected chi connectivity index (χ1v) is 10.4. The van der Waals surface area contributed by atoms with Gasteiger partial charge in [-0.2, -0.15) is 0 Å². The summed E-state index contributed by atoms with van der Waals surface area (Å²) in [6.07, 6.45) is 5.57. The molecule has 140 valence electrons. The zero-order valence-electron chi connectivity index (χ0n) is 15.5. The average Bonchev–Trinajstić information content (AvgIpc) is 2.62. The van der Waals surface area contributed by atoms with E-state index in [0.717, 1.165) is 42.7 Å². The van der Waals surface area contributed by atoms with Gasteiger partial charge in [0.1, 0.15) is 0 Å². The molecular weight excluding hydrogens is 344 g/mol. The van der Waals surface area contributed by atoms with Gasteiger partial charge in [-0.1, -0.05) is 44.2 Å². The second kappa shape index (κ2) is 8.76. The van der Waals surface area contributed by atoms with Crippen molar-refractivity contribution in [2.45, 2.75) is 50.8 Å². The first-order chi connectivity index (χ1) is 12.5. The number of amides is 2. The molecule has 2 fully saturated rings. The lowest BCUT2D eigenvalue weighted by Gasteiger charge is -2.39. The van der Waals surface area contributed by atoms with Crippen molar-refractivity contribution in [3.63, 3.8) is 0 Å². The van der Waals surface area contributed by atoms with Gasteiger partial charge in [-0.25, -0.2) is 0 Å². The van der Waals surface area contributed by atoms with E-state index in [0.29, 0.717) is 11.2 Å². The van der Waals surface area contributed by atoms with Gasteiger partial charge in [0.15, 0.2) is 0 Å². The van der Waals surface area contributed by atoms with E-state index in [9.17, 15) is 9.59 Å². The van der Waals surface area contributed by atoms with Crippen LogP contribution in [-0.2, 0) is 9.59 Å². The lowest BCUT2D eigenvalue weighted by Crippen LogP contribution is -2.51. The Labute approximate surface area is 160 Å². The summed E-state index contributed by atoms with van der Waals surface area (Å²) in [6, 6.07) is 10.0. The van der Waals surface area contributed by atoms with E-state index >= 15 is 0 Å². The maximum Gasteiger partial charge on any atom is 0.257 e. The van der Waals surface area contributed by atoms with Crippen LogP contribution in [0.1, 0.15) is 45.1 Å². The summed E-state index contributed by atoms with van der Waals surface area (Å²) in [5.74, 6) is 0.744. The minimum atomic E-state index is -0.0130. The van der Waals surface area contributed by atoms with Gasteiger partial charge in [0.05, 0.1) is 4.91 Å². The van der Waals surface area contributed by atoms with Crippen molar-refractivity contribution in [2.75, 3.05) is 6.54 Å². The first-order valence-electron chi connectivity index (χ1n) is 9.55. The van der Waals surface area contributed by atoms with Gasteiger partial charge in [-0.15, -0.1) is 11.8 Å². The average molecular weight is 373 g/mol. The minimum Gasteiger partial charge on any atom is -0.356 e. The number of thioether (sulfide) groups is 1. The number of fused-ring (bicyclic) bond motifs is 1. The summed E-state index contributed by atoms with van der Waals surface area (Å²) in [5, 5.41) is 6.57. The van der Waals surface area contributed by atoms with E-state index in [1.165, 1.54) is 0 Å². The summed E-state index contributed by atoms with van der Waals surface area (Å²) in [7, 11) is 0. The Morgan fingerprint density at radius 2 is 2.08 bits per heavy atom. The van der Waals surface area contributed by atoms with Gasteiger partial charge in [0.25, 0.3) is 5.91 Å². The molecule has 3 atom stereocenters. The van der Waals surface area contributed by atoms with Crippen LogP contribution in [0.5, 0.6) is 0 Å². The van der Waals surface area contributed by atoms with Crippen molar-refractivity contribution < 1.29 is 9.59 Å². The Hall–Kier alpha value is -1.75. The molecule has 5 heteroatoms. The van der Waals surface area contributed by atoms with Gasteiger partial charge in [0.2, 0.25) is 5.91 Å². The van der Waals surface area contributed by atoms with Crippen LogP contribution in [-0.4, -0.2) is 29.7 Å². The predicted octanol–water partition coefficient (Wildman–Crippen LogP) is 3.59. The molecule has 0 spiro atoms. The number of rotatable bonds is 5. The number of hydrogen-bond acceptors (Lipinski definition) is 3. The third-order valence-electron chi connectivity index (χ3n) is 5.09. The molecule has 3 rings (SSSR count). The molecule has 1 aromatic carbocycles. The van der Waals surface area contributed by atoms with Crippen molar-refractivity contribution in [3.05, 3.63) is 40.8 Å². The fourth-order valence-electron chi connectivity index (χ4n) is 3.56. The fourth-order valence-corrected chi connectivity index (χ4v) is 4.85. The Morgan fingerprint density at radius 3 is 2.81 bits per heavy atom. The number of carbonyl (C=O) groups excluding carboxylic acids is 2. The monoisotopic (exact) mass is 372 g/mol. The van der Waals surface area contributed by atoms with Gasteiger partial charge >= 0.3 is 0 Å². The third kappa shape index (κ3) is 4.91. The number of hydrogen-bond donors (Lipinski definition) is 2. The first kappa shape index (κ1) is 19.0. The Morgan fingerprint density at radius 1 is 1.31 bits per heavy atom. The largest absolute Gasteiger partial charge is 0.356 e. The molecular formula is C21H28N2O2S. The van der Waals surface area contributed by atoms with Crippen LogP contribution in [0.25, 0.3) is 6.08 Å². The van der Waals surface area contributed by atoms with Crippen LogP contribution in [0.4, 0.5) is 0 Å². The summed E-state index contributed by atoms with van der Waals surface area (Å²) in [5.41, 5.74) is 1.04. The third-order valence-corrected chi connectivity index (χ3v) is 6.52. The van der Waals surface area contributed by atoms with Crippen molar-refractivity contribution in [2.24, 2.45) is 11.8 Å². The van der Waals surface area contributed by atoms with Gasteiger partial charge in [-0.05, 0) is 43.2 Å². The van der Waals surface area contributed by atoms with Crippen molar-refractivity contribution in [1.82, 2.24) is 10.6 Å². The molecule has 2 N–H and O–H groups in total. The second-order valence-corrected chi connectivity index (χ2v) is 8.92. The smallest absolute Gasteiger partial charge is 0.257 e. The predicted molar refractivity (Wildman–Crippen MR) is 108 cm³/mol. The maximum absolute atomic E-state index is 12.5. The highest BCUT2D eigenvalue weighted by Gasteiger charge is 2.39. The van der Waals surface area contributed by atoms with E-state index in [1.54, 1.807) is 11.8 Å². The molecule has 1 aromatic rings. The molecule has 3 unspecified atom stereocenters. The fraction of sp³-hybridized carbons (Fsp3) is 0.524. The molecule has 0 radical (unpaired) electrons. The SMILES string of the molecule is CC(C)CCNC(=O)C1CCC2S/C(=C\c3ccccc3)C(=O)NC2C1. The van der Waals surface area contributed by atoms with E-state index in [-0.39, 0.29) is 23.8 Å². The molecule has 1 aliphatic heterocycles. The maximum atomic E-state index is 12.5. The van der Waals surface area contributed by atoms with E-state index < -0.39 is 0 Å². The van der Waals surface area contributed by atoms with Crippen LogP contribution >= 0.6 is 11.8 Å². The molecule has 2 amide bonds. The van der Waals surface area contributed by atoms with Crippen LogP contribution in [0, 0.1) is 11.8 Å². The Bertz CT molecular complexity index is 672. The lowest BCUT2D eigenvalue weighted by molar-refractivity contribution is -0.127.